The fraction of sp³-hybridized carbons (Fsp3) is 1.00. The minimum atomic E-state index is -1.51. The Bertz CT molecular complexity index is 214. The molecule has 19 heavy (non-hydrogen) atoms. The number of rotatable bonds is 3. The van der Waals surface area contributed by atoms with Gasteiger partial charge < -0.3 is 0 Å². The van der Waals surface area contributed by atoms with Gasteiger partial charge >= 0.3 is 0 Å². The predicted molar refractivity (Wildman–Crippen MR) is 100.0 cm³/mol. The Kier molecular flexibility index (Phi) is 9.23. The minimum Gasteiger partial charge on any atom is -0.167 e. The van der Waals surface area contributed by atoms with Crippen LogP contribution in [0.25, 0.3) is 0 Å². The van der Waals surface area contributed by atoms with Crippen molar-refractivity contribution in [2.75, 3.05) is 0 Å². The van der Waals surface area contributed by atoms with Crippen molar-refractivity contribution in [2.24, 2.45) is 0 Å². The van der Waals surface area contributed by atoms with Gasteiger partial charge in [0.1, 0.15) is 0 Å². The lowest BCUT2D eigenvalue weighted by atomic mass is 10.2. The number of halogens is 2. The molecule has 0 saturated heterocycles. The van der Waals surface area contributed by atoms with Crippen LogP contribution >= 0.6 is 22.2 Å². The summed E-state index contributed by atoms with van der Waals surface area (Å²) in [5, 5.41) is 0.342. The topological polar surface area (TPSA) is 0 Å². The molecule has 0 aliphatic carbocycles. The van der Waals surface area contributed by atoms with E-state index in [4.69, 9.17) is 22.2 Å². The van der Waals surface area contributed by atoms with Crippen LogP contribution in [0.5, 0.6) is 0 Å². The maximum atomic E-state index is 6.68. The van der Waals surface area contributed by atoms with Crippen molar-refractivity contribution < 1.29 is 0 Å². The Morgan fingerprint density at radius 2 is 0.842 bits per heavy atom. The lowest BCUT2D eigenvalue weighted by Gasteiger charge is -2.36. The molecular weight excluding hydrogens is 307 g/mol. The van der Waals surface area contributed by atoms with E-state index in [1.165, 1.54) is 0 Å². The Hall–Kier alpha value is 1.01. The fourth-order valence-electron chi connectivity index (χ4n) is 2.00. The molecule has 0 aliphatic heterocycles. The second-order valence-electron chi connectivity index (χ2n) is 8.01. The molecule has 0 amide bonds. The second kappa shape index (κ2) is 7.86. The molecule has 0 radical (unpaired) electrons. The van der Waals surface area contributed by atoms with Gasteiger partial charge in [0, 0.05) is 0 Å². The zero-order chi connectivity index (χ0) is 16.2. The molecule has 0 bridgehead atoms. The van der Waals surface area contributed by atoms with Crippen molar-refractivity contribution in [3.63, 3.8) is 0 Å². The van der Waals surface area contributed by atoms with Crippen LogP contribution in [-0.4, -0.2) is 14.8 Å². The summed E-state index contributed by atoms with van der Waals surface area (Å²) in [5.41, 5.74) is 2.05. The monoisotopic (exact) mass is 342 g/mol. The van der Waals surface area contributed by atoms with Gasteiger partial charge in [-0.05, 0) is 21.7 Å². The van der Waals surface area contributed by atoms with E-state index < -0.39 is 14.8 Å². The molecule has 0 nitrogen and oxygen atoms in total. The Balaban J connectivity index is 0. The number of hydrogen-bond acceptors (Lipinski definition) is 0. The lowest BCUT2D eigenvalue weighted by Crippen LogP contribution is -2.37. The third-order valence-electron chi connectivity index (χ3n) is 4.44. The minimum absolute atomic E-state index is 0.342. The molecule has 4 heteroatoms. The molecule has 118 valence electrons. The standard InChI is InChI=1S/C9H21ClSi.C6H15ClSi/c1-7(2)11(10,8(3)4)9(5)6;1-6(2,3)8(4,5)7/h7-9H,1-6H3;1-5H3. The summed E-state index contributed by atoms with van der Waals surface area (Å²) >= 11 is 12.8. The van der Waals surface area contributed by atoms with Gasteiger partial charge in [-0.15, -0.1) is 0 Å². The van der Waals surface area contributed by atoms with E-state index in [1.54, 1.807) is 0 Å². The molecule has 0 heterocycles. The maximum Gasteiger partial charge on any atom is 0.164 e. The number of hydrogen-bond donors (Lipinski definition) is 0. The highest BCUT2D eigenvalue weighted by Crippen LogP contribution is 2.44. The first kappa shape index (κ1) is 22.3. The van der Waals surface area contributed by atoms with E-state index in [0.717, 1.165) is 0 Å². The smallest absolute Gasteiger partial charge is 0.164 e. The largest absolute Gasteiger partial charge is 0.167 e. The van der Waals surface area contributed by atoms with Crippen LogP contribution in [0, 0.1) is 0 Å². The first-order valence-electron chi connectivity index (χ1n) is 7.46. The van der Waals surface area contributed by atoms with Gasteiger partial charge in [-0.3, -0.25) is 0 Å². The van der Waals surface area contributed by atoms with E-state index in [1.807, 2.05) is 0 Å². The molecule has 0 aromatic carbocycles. The van der Waals surface area contributed by atoms with Crippen LogP contribution in [0.2, 0.25) is 34.8 Å². The summed E-state index contributed by atoms with van der Waals surface area (Å²) < 4.78 is 0. The second-order valence-corrected chi connectivity index (χ2v) is 22.4. The SMILES string of the molecule is CC(C)(C)[Si](C)(C)Cl.CC(C)[Si](Cl)(C(C)C)C(C)C. The van der Waals surface area contributed by atoms with E-state index in [9.17, 15) is 0 Å². The molecule has 0 atom stereocenters. The summed E-state index contributed by atoms with van der Waals surface area (Å²) in [6.07, 6.45) is 0. The quantitative estimate of drug-likeness (QED) is 0.365. The van der Waals surface area contributed by atoms with Crippen molar-refractivity contribution in [1.29, 1.82) is 0 Å². The predicted octanol–water partition coefficient (Wildman–Crippen LogP) is 7.63. The highest BCUT2D eigenvalue weighted by atomic mass is 35.6. The van der Waals surface area contributed by atoms with Gasteiger partial charge in [-0.1, -0.05) is 75.4 Å². The van der Waals surface area contributed by atoms with Crippen LogP contribution in [-0.2, 0) is 0 Å². The highest BCUT2D eigenvalue weighted by molar-refractivity contribution is 7.22. The van der Waals surface area contributed by atoms with Gasteiger partial charge in [0.05, 0.1) is 0 Å². The summed E-state index contributed by atoms with van der Waals surface area (Å²) in [6.45, 7) is 24.5. The van der Waals surface area contributed by atoms with E-state index in [-0.39, 0.29) is 0 Å². The van der Waals surface area contributed by atoms with Crippen molar-refractivity contribution >= 4 is 36.9 Å². The van der Waals surface area contributed by atoms with E-state index in [2.05, 4.69) is 75.4 Å². The van der Waals surface area contributed by atoms with Crippen LogP contribution in [0.15, 0.2) is 0 Å². The zero-order valence-electron chi connectivity index (χ0n) is 15.0. The van der Waals surface area contributed by atoms with Crippen molar-refractivity contribution in [3.8, 4) is 0 Å². The Morgan fingerprint density at radius 3 is 0.842 bits per heavy atom. The van der Waals surface area contributed by atoms with E-state index in [0.29, 0.717) is 21.7 Å². The van der Waals surface area contributed by atoms with Gasteiger partial charge in [0.2, 0.25) is 0 Å². The molecule has 0 aromatic heterocycles. The first-order valence-corrected chi connectivity index (χ1v) is 14.7. The molecule has 0 rings (SSSR count). The molecule has 0 unspecified atom stereocenters. The lowest BCUT2D eigenvalue weighted by molar-refractivity contribution is 0.735. The fourth-order valence-corrected chi connectivity index (χ4v) is 6.00. The average molecular weight is 344 g/mol. The Labute approximate surface area is 134 Å². The molecular formula is C15H36Cl2Si2. The van der Waals surface area contributed by atoms with Gasteiger partial charge in [-0.25, -0.2) is 0 Å². The van der Waals surface area contributed by atoms with E-state index >= 15 is 0 Å². The molecule has 0 aliphatic rings. The summed E-state index contributed by atoms with van der Waals surface area (Å²) in [7, 11) is -2.90. The van der Waals surface area contributed by atoms with Gasteiger partial charge in [0.25, 0.3) is 0 Å². The van der Waals surface area contributed by atoms with Crippen molar-refractivity contribution in [1.82, 2.24) is 0 Å². The summed E-state index contributed by atoms with van der Waals surface area (Å²) in [4.78, 5) is 0. The highest BCUT2D eigenvalue weighted by Gasteiger charge is 2.41. The normalized spacial score (nSPS) is 13.9. The maximum absolute atomic E-state index is 6.68. The zero-order valence-corrected chi connectivity index (χ0v) is 18.5. The molecule has 0 N–H and O–H groups in total. The Morgan fingerprint density at radius 1 is 0.684 bits per heavy atom. The van der Waals surface area contributed by atoms with Crippen LogP contribution in [0.4, 0.5) is 0 Å². The third kappa shape index (κ3) is 7.01. The van der Waals surface area contributed by atoms with Crippen LogP contribution < -0.4 is 0 Å². The first-order chi connectivity index (χ1) is 8.08. The third-order valence-corrected chi connectivity index (χ3v) is 18.9. The summed E-state index contributed by atoms with van der Waals surface area (Å²) in [6, 6.07) is 0. The van der Waals surface area contributed by atoms with Crippen LogP contribution in [0.3, 0.4) is 0 Å². The molecule has 0 saturated carbocycles. The van der Waals surface area contributed by atoms with Crippen LogP contribution in [0.1, 0.15) is 62.3 Å². The van der Waals surface area contributed by atoms with Crippen molar-refractivity contribution in [3.05, 3.63) is 0 Å². The van der Waals surface area contributed by atoms with Gasteiger partial charge in [0.15, 0.2) is 14.8 Å². The molecule has 0 spiro atoms. The molecule has 0 aromatic rings. The summed E-state index contributed by atoms with van der Waals surface area (Å²) in [5.74, 6) is 0. The average Bonchev–Trinajstić information content (AvgIpc) is 2.12. The van der Waals surface area contributed by atoms with Gasteiger partial charge in [-0.2, -0.15) is 22.2 Å². The van der Waals surface area contributed by atoms with Crippen molar-refractivity contribution in [2.45, 2.75) is 97.1 Å². The molecule has 0 fully saturated rings.